The Bertz CT molecular complexity index is 450. The molecule has 1 rings (SSSR count). The van der Waals surface area contributed by atoms with Crippen LogP contribution in [0.3, 0.4) is 0 Å². The largest absolute Gasteiger partial charge is 0.481 e. The van der Waals surface area contributed by atoms with Crippen LogP contribution in [0.15, 0.2) is 12.3 Å². The Morgan fingerprint density at radius 2 is 2.12 bits per heavy atom. The van der Waals surface area contributed by atoms with E-state index in [-0.39, 0.29) is 17.9 Å². The van der Waals surface area contributed by atoms with Gasteiger partial charge in [0.05, 0.1) is 6.42 Å². The van der Waals surface area contributed by atoms with Crippen LogP contribution in [0.4, 0.5) is 0 Å². The van der Waals surface area contributed by atoms with Crippen molar-refractivity contribution in [3.63, 3.8) is 0 Å². The SMILES string of the molecule is CC(=O)c1c[nH]c(C(=O)NC(C)CC(=O)O)c1. The van der Waals surface area contributed by atoms with Gasteiger partial charge < -0.3 is 15.4 Å². The topological polar surface area (TPSA) is 99.3 Å². The van der Waals surface area contributed by atoms with Gasteiger partial charge in [0, 0.05) is 17.8 Å². The van der Waals surface area contributed by atoms with Crippen LogP contribution < -0.4 is 5.32 Å². The molecule has 0 aliphatic rings. The van der Waals surface area contributed by atoms with E-state index in [1.165, 1.54) is 19.2 Å². The normalized spacial score (nSPS) is 11.9. The molecule has 0 saturated carbocycles. The predicted octanol–water partition coefficient (Wildman–Crippen LogP) is 0.810. The summed E-state index contributed by atoms with van der Waals surface area (Å²) >= 11 is 0. The maximum Gasteiger partial charge on any atom is 0.305 e. The van der Waals surface area contributed by atoms with Crippen LogP contribution in [0.1, 0.15) is 41.1 Å². The van der Waals surface area contributed by atoms with Gasteiger partial charge in [0.1, 0.15) is 5.69 Å². The second-order valence-electron chi connectivity index (χ2n) is 3.83. The molecule has 3 N–H and O–H groups in total. The molecule has 0 saturated heterocycles. The van der Waals surface area contributed by atoms with Gasteiger partial charge in [-0.1, -0.05) is 0 Å². The van der Waals surface area contributed by atoms with Gasteiger partial charge in [-0.25, -0.2) is 0 Å². The second-order valence-corrected chi connectivity index (χ2v) is 3.83. The Morgan fingerprint density at radius 1 is 1.47 bits per heavy atom. The summed E-state index contributed by atoms with van der Waals surface area (Å²) in [6, 6.07) is 0.967. The molecule has 0 spiro atoms. The minimum Gasteiger partial charge on any atom is -0.481 e. The molecule has 0 aliphatic carbocycles. The maximum absolute atomic E-state index is 11.6. The molecule has 6 heteroatoms. The number of hydrogen-bond acceptors (Lipinski definition) is 3. The number of carboxylic acids is 1. The van der Waals surface area contributed by atoms with Gasteiger partial charge in [-0.05, 0) is 19.9 Å². The van der Waals surface area contributed by atoms with Gasteiger partial charge in [0.15, 0.2) is 5.78 Å². The Labute approximate surface area is 98.0 Å². The van der Waals surface area contributed by atoms with Crippen LogP contribution in [-0.2, 0) is 4.79 Å². The third kappa shape index (κ3) is 3.75. The number of rotatable bonds is 5. The quantitative estimate of drug-likeness (QED) is 0.661. The summed E-state index contributed by atoms with van der Waals surface area (Å²) in [5, 5.41) is 11.1. The molecule has 1 aromatic rings. The highest BCUT2D eigenvalue weighted by atomic mass is 16.4. The van der Waals surface area contributed by atoms with Crippen molar-refractivity contribution in [1.29, 1.82) is 0 Å². The van der Waals surface area contributed by atoms with Crippen LogP contribution >= 0.6 is 0 Å². The highest BCUT2D eigenvalue weighted by Crippen LogP contribution is 2.05. The van der Waals surface area contributed by atoms with E-state index in [4.69, 9.17) is 5.11 Å². The summed E-state index contributed by atoms with van der Waals surface area (Å²) in [7, 11) is 0. The standard InChI is InChI=1S/C11H14N2O4/c1-6(3-10(15)16)13-11(17)9-4-8(5-12-9)7(2)14/h4-6,12H,3H2,1-2H3,(H,13,17)(H,15,16). The van der Waals surface area contributed by atoms with Crippen LogP contribution in [-0.4, -0.2) is 33.8 Å². The Balaban J connectivity index is 2.63. The molecule has 1 heterocycles. The van der Waals surface area contributed by atoms with Crippen LogP contribution in [0.2, 0.25) is 0 Å². The van der Waals surface area contributed by atoms with E-state index >= 15 is 0 Å². The van der Waals surface area contributed by atoms with E-state index in [0.717, 1.165) is 0 Å². The fourth-order valence-electron chi connectivity index (χ4n) is 1.34. The Morgan fingerprint density at radius 3 is 2.59 bits per heavy atom. The second kappa shape index (κ2) is 5.29. The van der Waals surface area contributed by atoms with Gasteiger partial charge in [-0.15, -0.1) is 0 Å². The first-order chi connectivity index (χ1) is 7.90. The fraction of sp³-hybridized carbons (Fsp3) is 0.364. The summed E-state index contributed by atoms with van der Waals surface area (Å²) in [5.74, 6) is -1.54. The number of aromatic nitrogens is 1. The van der Waals surface area contributed by atoms with E-state index < -0.39 is 17.9 Å². The number of nitrogens with one attached hydrogen (secondary N) is 2. The van der Waals surface area contributed by atoms with Crippen molar-refractivity contribution in [3.05, 3.63) is 23.5 Å². The number of Topliss-reactive ketones (excluding diaryl/α,β-unsaturated/α-hetero) is 1. The minimum absolute atomic E-state index is 0.140. The van der Waals surface area contributed by atoms with Gasteiger partial charge in [0.25, 0.3) is 5.91 Å². The average Bonchev–Trinajstić information content (AvgIpc) is 2.64. The van der Waals surface area contributed by atoms with Crippen molar-refractivity contribution < 1.29 is 19.5 Å². The first kappa shape index (κ1) is 13.0. The number of aromatic amines is 1. The highest BCUT2D eigenvalue weighted by Gasteiger charge is 2.14. The molecular formula is C11H14N2O4. The van der Waals surface area contributed by atoms with E-state index in [1.54, 1.807) is 6.92 Å². The minimum atomic E-state index is -0.978. The van der Waals surface area contributed by atoms with Gasteiger partial charge >= 0.3 is 5.97 Å². The Kier molecular flexibility index (Phi) is 4.03. The van der Waals surface area contributed by atoms with Gasteiger partial charge in [0.2, 0.25) is 0 Å². The molecule has 0 aliphatic heterocycles. The fourth-order valence-corrected chi connectivity index (χ4v) is 1.34. The molecule has 0 radical (unpaired) electrons. The van der Waals surface area contributed by atoms with Crippen LogP contribution in [0, 0.1) is 0 Å². The van der Waals surface area contributed by atoms with Crippen molar-refractivity contribution in [2.75, 3.05) is 0 Å². The third-order valence-corrected chi connectivity index (χ3v) is 2.19. The number of H-pyrrole nitrogens is 1. The number of carbonyl (C=O) groups is 3. The summed E-state index contributed by atoms with van der Waals surface area (Å²) in [4.78, 5) is 35.7. The molecule has 0 aromatic carbocycles. The summed E-state index contributed by atoms with van der Waals surface area (Å²) in [5.41, 5.74) is 0.661. The smallest absolute Gasteiger partial charge is 0.305 e. The number of carboxylic acid groups (broad SMARTS) is 1. The van der Waals surface area contributed by atoms with Crippen molar-refractivity contribution in [2.45, 2.75) is 26.3 Å². The van der Waals surface area contributed by atoms with E-state index in [9.17, 15) is 14.4 Å². The predicted molar refractivity (Wildman–Crippen MR) is 60.0 cm³/mol. The number of carbonyl (C=O) groups excluding carboxylic acids is 2. The molecule has 1 atom stereocenters. The summed E-state index contributed by atoms with van der Waals surface area (Å²) in [6.45, 7) is 3.00. The van der Waals surface area contributed by atoms with Crippen molar-refractivity contribution >= 4 is 17.7 Å². The van der Waals surface area contributed by atoms with Crippen LogP contribution in [0.5, 0.6) is 0 Å². The molecule has 6 nitrogen and oxygen atoms in total. The van der Waals surface area contributed by atoms with Crippen molar-refractivity contribution in [1.82, 2.24) is 10.3 Å². The molecule has 92 valence electrons. The van der Waals surface area contributed by atoms with Crippen molar-refractivity contribution in [3.8, 4) is 0 Å². The Hall–Kier alpha value is -2.11. The first-order valence-corrected chi connectivity index (χ1v) is 5.12. The summed E-state index contributed by atoms with van der Waals surface area (Å²) < 4.78 is 0. The van der Waals surface area contributed by atoms with Gasteiger partial charge in [-0.3, -0.25) is 14.4 Å². The van der Waals surface area contributed by atoms with Crippen molar-refractivity contribution in [2.24, 2.45) is 0 Å². The zero-order valence-electron chi connectivity index (χ0n) is 9.61. The number of ketones is 1. The monoisotopic (exact) mass is 238 g/mol. The number of aliphatic carboxylic acids is 1. The lowest BCUT2D eigenvalue weighted by Gasteiger charge is -2.10. The van der Waals surface area contributed by atoms with E-state index in [1.807, 2.05) is 0 Å². The zero-order valence-corrected chi connectivity index (χ0v) is 9.61. The maximum atomic E-state index is 11.6. The number of amides is 1. The van der Waals surface area contributed by atoms with E-state index in [2.05, 4.69) is 10.3 Å². The molecule has 1 amide bonds. The molecule has 1 aromatic heterocycles. The lowest BCUT2D eigenvalue weighted by Crippen LogP contribution is -2.34. The first-order valence-electron chi connectivity index (χ1n) is 5.12. The molecule has 1 unspecified atom stereocenters. The average molecular weight is 238 g/mol. The van der Waals surface area contributed by atoms with E-state index in [0.29, 0.717) is 5.56 Å². The lowest BCUT2D eigenvalue weighted by atomic mass is 10.2. The lowest BCUT2D eigenvalue weighted by molar-refractivity contribution is -0.137. The van der Waals surface area contributed by atoms with Gasteiger partial charge in [-0.2, -0.15) is 0 Å². The molecule has 0 fully saturated rings. The van der Waals surface area contributed by atoms with Crippen LogP contribution in [0.25, 0.3) is 0 Å². The summed E-state index contributed by atoms with van der Waals surface area (Å²) in [6.07, 6.45) is 1.30. The molecule has 17 heavy (non-hydrogen) atoms. The number of hydrogen-bond donors (Lipinski definition) is 3. The third-order valence-electron chi connectivity index (χ3n) is 2.19. The zero-order chi connectivity index (χ0) is 13.0. The molecular weight excluding hydrogens is 224 g/mol. The molecule has 0 bridgehead atoms. The highest BCUT2D eigenvalue weighted by molar-refractivity contribution is 5.99.